The SMILES string of the molecule is Sc1ccccc1-c1ccnc(-c2ccccn2)c1-c1ccccn1. The van der Waals surface area contributed by atoms with Gasteiger partial charge in [0.25, 0.3) is 0 Å². The first-order valence-electron chi connectivity index (χ1n) is 7.95. The fraction of sp³-hybridized carbons (Fsp3) is 0. The standard InChI is InChI=1S/C21H15N3S/c25-19-10-2-1-7-15(19)16-11-14-24-21(18-9-4-6-13-23-18)20(16)17-8-3-5-12-22-17/h1-14,25H. The zero-order valence-corrected chi connectivity index (χ0v) is 14.3. The maximum Gasteiger partial charge on any atom is 0.0986 e. The minimum Gasteiger partial charge on any atom is -0.256 e. The van der Waals surface area contributed by atoms with Crippen molar-refractivity contribution >= 4 is 12.6 Å². The van der Waals surface area contributed by atoms with Crippen LogP contribution in [0.3, 0.4) is 0 Å². The summed E-state index contributed by atoms with van der Waals surface area (Å²) in [5, 5.41) is 0. The fourth-order valence-electron chi connectivity index (χ4n) is 2.85. The van der Waals surface area contributed by atoms with E-state index < -0.39 is 0 Å². The van der Waals surface area contributed by atoms with Gasteiger partial charge < -0.3 is 0 Å². The molecule has 0 fully saturated rings. The molecule has 0 aliphatic heterocycles. The third-order valence-electron chi connectivity index (χ3n) is 3.97. The monoisotopic (exact) mass is 341 g/mol. The van der Waals surface area contributed by atoms with E-state index in [9.17, 15) is 0 Å². The van der Waals surface area contributed by atoms with E-state index >= 15 is 0 Å². The Hall–Kier alpha value is -2.98. The zero-order valence-electron chi connectivity index (χ0n) is 13.4. The van der Waals surface area contributed by atoms with Gasteiger partial charge in [-0.15, -0.1) is 12.6 Å². The Morgan fingerprint density at radius 1 is 0.560 bits per heavy atom. The third-order valence-corrected chi connectivity index (χ3v) is 4.36. The molecule has 3 heterocycles. The number of hydrogen-bond donors (Lipinski definition) is 1. The van der Waals surface area contributed by atoms with E-state index in [0.717, 1.165) is 38.7 Å². The molecule has 4 rings (SSSR count). The molecule has 120 valence electrons. The predicted octanol–water partition coefficient (Wildman–Crippen LogP) is 5.16. The molecule has 0 bridgehead atoms. The van der Waals surface area contributed by atoms with Crippen molar-refractivity contribution in [2.75, 3.05) is 0 Å². The average molecular weight is 341 g/mol. The summed E-state index contributed by atoms with van der Waals surface area (Å²) >= 11 is 4.63. The van der Waals surface area contributed by atoms with Crippen molar-refractivity contribution in [1.82, 2.24) is 15.0 Å². The highest BCUT2D eigenvalue weighted by atomic mass is 32.1. The van der Waals surface area contributed by atoms with Gasteiger partial charge in [0, 0.05) is 29.0 Å². The molecule has 25 heavy (non-hydrogen) atoms. The molecule has 0 amide bonds. The van der Waals surface area contributed by atoms with Crippen LogP contribution in [0.2, 0.25) is 0 Å². The molecule has 0 radical (unpaired) electrons. The van der Waals surface area contributed by atoms with Crippen molar-refractivity contribution in [1.29, 1.82) is 0 Å². The Bertz CT molecular complexity index is 1000. The topological polar surface area (TPSA) is 38.7 Å². The van der Waals surface area contributed by atoms with Crippen LogP contribution in [-0.4, -0.2) is 15.0 Å². The van der Waals surface area contributed by atoms with Gasteiger partial charge in [0.2, 0.25) is 0 Å². The highest BCUT2D eigenvalue weighted by Gasteiger charge is 2.17. The lowest BCUT2D eigenvalue weighted by Gasteiger charge is -2.15. The van der Waals surface area contributed by atoms with Gasteiger partial charge in [-0.2, -0.15) is 0 Å². The van der Waals surface area contributed by atoms with E-state index in [1.165, 1.54) is 0 Å². The summed E-state index contributed by atoms with van der Waals surface area (Å²) in [4.78, 5) is 14.6. The molecule has 0 saturated heterocycles. The molecule has 0 N–H and O–H groups in total. The third kappa shape index (κ3) is 3.04. The summed E-state index contributed by atoms with van der Waals surface area (Å²) in [6.07, 6.45) is 5.38. The number of hydrogen-bond acceptors (Lipinski definition) is 4. The lowest BCUT2D eigenvalue weighted by atomic mass is 9.95. The number of thiol groups is 1. The summed E-state index contributed by atoms with van der Waals surface area (Å²) in [6, 6.07) is 21.8. The molecule has 1 aromatic carbocycles. The molecule has 4 aromatic rings. The van der Waals surface area contributed by atoms with Gasteiger partial charge in [0.1, 0.15) is 0 Å². The van der Waals surface area contributed by atoms with Crippen molar-refractivity contribution in [3.05, 3.63) is 85.3 Å². The quantitative estimate of drug-likeness (QED) is 0.523. The molecular weight excluding hydrogens is 326 g/mol. The molecular formula is C21H15N3S. The molecule has 3 aromatic heterocycles. The highest BCUT2D eigenvalue weighted by Crippen LogP contribution is 2.38. The molecule has 3 nitrogen and oxygen atoms in total. The molecule has 0 spiro atoms. The number of benzene rings is 1. The van der Waals surface area contributed by atoms with Crippen LogP contribution in [0.15, 0.2) is 90.2 Å². The van der Waals surface area contributed by atoms with Gasteiger partial charge in [-0.25, -0.2) is 0 Å². The summed E-state index contributed by atoms with van der Waals surface area (Å²) < 4.78 is 0. The van der Waals surface area contributed by atoms with Gasteiger partial charge >= 0.3 is 0 Å². The van der Waals surface area contributed by atoms with E-state index in [0.29, 0.717) is 0 Å². The largest absolute Gasteiger partial charge is 0.256 e. The maximum atomic E-state index is 4.63. The molecule has 0 atom stereocenters. The molecule has 0 aliphatic rings. The Labute approximate surface area is 151 Å². The van der Waals surface area contributed by atoms with E-state index in [1.807, 2.05) is 66.9 Å². The zero-order chi connectivity index (χ0) is 17.1. The second-order valence-corrected chi connectivity index (χ2v) is 6.01. The second-order valence-electron chi connectivity index (χ2n) is 5.53. The van der Waals surface area contributed by atoms with Gasteiger partial charge in [-0.3, -0.25) is 15.0 Å². The van der Waals surface area contributed by atoms with Gasteiger partial charge in [0.15, 0.2) is 0 Å². The van der Waals surface area contributed by atoms with E-state index in [2.05, 4.69) is 33.6 Å². The van der Waals surface area contributed by atoms with Gasteiger partial charge in [0.05, 0.1) is 17.1 Å². The van der Waals surface area contributed by atoms with Crippen LogP contribution >= 0.6 is 12.6 Å². The normalized spacial score (nSPS) is 10.6. The van der Waals surface area contributed by atoms with Crippen LogP contribution in [0.1, 0.15) is 0 Å². The Balaban J connectivity index is 2.05. The van der Waals surface area contributed by atoms with Gasteiger partial charge in [-0.1, -0.05) is 30.3 Å². The first kappa shape index (κ1) is 15.5. The van der Waals surface area contributed by atoms with Crippen molar-refractivity contribution in [3.8, 4) is 33.8 Å². The highest BCUT2D eigenvalue weighted by molar-refractivity contribution is 7.80. The molecule has 0 aliphatic carbocycles. The van der Waals surface area contributed by atoms with Crippen LogP contribution in [0.5, 0.6) is 0 Å². The van der Waals surface area contributed by atoms with E-state index in [1.54, 1.807) is 12.4 Å². The number of aromatic nitrogens is 3. The van der Waals surface area contributed by atoms with Crippen molar-refractivity contribution in [2.45, 2.75) is 4.90 Å². The summed E-state index contributed by atoms with van der Waals surface area (Å²) in [5.74, 6) is 0. The van der Waals surface area contributed by atoms with Crippen LogP contribution in [0, 0.1) is 0 Å². The van der Waals surface area contributed by atoms with Crippen LogP contribution in [0.4, 0.5) is 0 Å². The first-order valence-corrected chi connectivity index (χ1v) is 8.39. The minimum atomic E-state index is 0.813. The van der Waals surface area contributed by atoms with Crippen molar-refractivity contribution in [2.24, 2.45) is 0 Å². The lowest BCUT2D eigenvalue weighted by Crippen LogP contribution is -1.96. The number of pyridine rings is 3. The average Bonchev–Trinajstić information content (AvgIpc) is 2.69. The Kier molecular flexibility index (Phi) is 4.27. The van der Waals surface area contributed by atoms with Gasteiger partial charge in [-0.05, 0) is 47.5 Å². The second kappa shape index (κ2) is 6.87. The summed E-state index contributed by atoms with van der Waals surface area (Å²) in [6.45, 7) is 0. The smallest absolute Gasteiger partial charge is 0.0986 e. The first-order chi connectivity index (χ1) is 12.3. The summed E-state index contributed by atoms with van der Waals surface area (Å²) in [5.41, 5.74) is 5.55. The Morgan fingerprint density at radius 2 is 1.24 bits per heavy atom. The Morgan fingerprint density at radius 3 is 1.92 bits per heavy atom. The number of rotatable bonds is 3. The predicted molar refractivity (Wildman–Crippen MR) is 103 cm³/mol. The maximum absolute atomic E-state index is 4.63. The fourth-order valence-corrected chi connectivity index (χ4v) is 3.14. The minimum absolute atomic E-state index is 0.813. The van der Waals surface area contributed by atoms with E-state index in [-0.39, 0.29) is 0 Å². The molecule has 4 heteroatoms. The lowest BCUT2D eigenvalue weighted by molar-refractivity contribution is 1.23. The number of nitrogens with zero attached hydrogens (tertiary/aromatic N) is 3. The van der Waals surface area contributed by atoms with E-state index in [4.69, 9.17) is 0 Å². The van der Waals surface area contributed by atoms with Crippen LogP contribution in [-0.2, 0) is 0 Å². The molecule has 0 unspecified atom stereocenters. The van der Waals surface area contributed by atoms with Crippen LogP contribution in [0.25, 0.3) is 33.8 Å². The summed E-state index contributed by atoms with van der Waals surface area (Å²) in [7, 11) is 0. The van der Waals surface area contributed by atoms with Crippen LogP contribution < -0.4 is 0 Å². The van der Waals surface area contributed by atoms with Crippen molar-refractivity contribution in [3.63, 3.8) is 0 Å². The molecule has 0 saturated carbocycles. The van der Waals surface area contributed by atoms with Crippen molar-refractivity contribution < 1.29 is 0 Å².